The quantitative estimate of drug-likeness (QED) is 0.836. The molecule has 3 nitrogen and oxygen atoms in total. The maximum atomic E-state index is 8.89. The van der Waals surface area contributed by atoms with Crippen molar-refractivity contribution in [1.82, 2.24) is 4.98 Å². The lowest BCUT2D eigenvalue weighted by molar-refractivity contribution is 0.446. The molecule has 1 unspecified atom stereocenters. The number of aryl methyl sites for hydroxylation is 1. The SMILES string of the molecule is CCCc1nc(N2CCCC(C)C2)sc1CC#N. The monoisotopic (exact) mass is 263 g/mol. The van der Waals surface area contributed by atoms with Crippen LogP contribution >= 0.6 is 11.3 Å². The highest BCUT2D eigenvalue weighted by atomic mass is 32.1. The molecule has 1 aliphatic heterocycles. The van der Waals surface area contributed by atoms with E-state index in [0.717, 1.165) is 42.7 Å². The van der Waals surface area contributed by atoms with Crippen LogP contribution in [0.5, 0.6) is 0 Å². The van der Waals surface area contributed by atoms with Crippen LogP contribution in [0.1, 0.15) is 43.7 Å². The minimum atomic E-state index is 0.510. The van der Waals surface area contributed by atoms with Gasteiger partial charge in [-0.05, 0) is 25.2 Å². The summed E-state index contributed by atoms with van der Waals surface area (Å²) in [5, 5.41) is 10.0. The van der Waals surface area contributed by atoms with Crippen LogP contribution in [0, 0.1) is 17.2 Å². The van der Waals surface area contributed by atoms with Crippen LogP contribution in [0.25, 0.3) is 0 Å². The first-order valence-corrected chi connectivity index (χ1v) is 7.66. The third-order valence-electron chi connectivity index (χ3n) is 3.42. The average molecular weight is 263 g/mol. The second kappa shape index (κ2) is 6.19. The fraction of sp³-hybridized carbons (Fsp3) is 0.714. The zero-order chi connectivity index (χ0) is 13.0. The maximum Gasteiger partial charge on any atom is 0.185 e. The number of aromatic nitrogens is 1. The Balaban J connectivity index is 2.17. The average Bonchev–Trinajstić information content (AvgIpc) is 2.74. The van der Waals surface area contributed by atoms with Gasteiger partial charge >= 0.3 is 0 Å². The first kappa shape index (κ1) is 13.4. The van der Waals surface area contributed by atoms with Gasteiger partial charge in [0, 0.05) is 18.0 Å². The molecular formula is C14H21N3S. The van der Waals surface area contributed by atoms with Crippen molar-refractivity contribution in [1.29, 1.82) is 5.26 Å². The Kier molecular flexibility index (Phi) is 4.60. The van der Waals surface area contributed by atoms with Gasteiger partial charge in [0.05, 0.1) is 18.2 Å². The van der Waals surface area contributed by atoms with Crippen LogP contribution in [0.15, 0.2) is 0 Å². The van der Waals surface area contributed by atoms with Crippen molar-refractivity contribution >= 4 is 16.5 Å². The van der Waals surface area contributed by atoms with Crippen molar-refractivity contribution in [2.45, 2.75) is 46.0 Å². The van der Waals surface area contributed by atoms with Gasteiger partial charge in [0.1, 0.15) is 0 Å². The van der Waals surface area contributed by atoms with Crippen LogP contribution in [-0.4, -0.2) is 18.1 Å². The molecule has 4 heteroatoms. The molecule has 0 saturated carbocycles. The van der Waals surface area contributed by atoms with Crippen molar-refractivity contribution in [3.8, 4) is 6.07 Å². The molecule has 0 aliphatic carbocycles. The first-order valence-electron chi connectivity index (χ1n) is 6.85. The number of piperidine rings is 1. The molecule has 1 saturated heterocycles. The summed E-state index contributed by atoms with van der Waals surface area (Å²) in [4.78, 5) is 8.35. The minimum Gasteiger partial charge on any atom is -0.348 e. The van der Waals surface area contributed by atoms with E-state index in [0.29, 0.717) is 6.42 Å². The molecule has 2 heterocycles. The Morgan fingerprint density at radius 3 is 3.06 bits per heavy atom. The Hall–Kier alpha value is -1.08. The van der Waals surface area contributed by atoms with E-state index in [1.54, 1.807) is 11.3 Å². The van der Waals surface area contributed by atoms with Gasteiger partial charge in [-0.2, -0.15) is 5.26 Å². The van der Waals surface area contributed by atoms with Crippen molar-refractivity contribution in [3.05, 3.63) is 10.6 Å². The molecule has 1 aliphatic rings. The fourth-order valence-electron chi connectivity index (χ4n) is 2.51. The summed E-state index contributed by atoms with van der Waals surface area (Å²) in [7, 11) is 0. The zero-order valence-corrected chi connectivity index (χ0v) is 12.1. The molecule has 0 bridgehead atoms. The lowest BCUT2D eigenvalue weighted by Crippen LogP contribution is -2.34. The van der Waals surface area contributed by atoms with Gasteiger partial charge in [-0.25, -0.2) is 4.98 Å². The molecule has 0 spiro atoms. The molecule has 18 heavy (non-hydrogen) atoms. The highest BCUT2D eigenvalue weighted by Crippen LogP contribution is 2.30. The van der Waals surface area contributed by atoms with Gasteiger partial charge in [-0.1, -0.05) is 20.3 Å². The van der Waals surface area contributed by atoms with E-state index < -0.39 is 0 Å². The summed E-state index contributed by atoms with van der Waals surface area (Å²) in [6.07, 6.45) is 5.19. The molecule has 0 amide bonds. The van der Waals surface area contributed by atoms with Gasteiger partial charge in [-0.3, -0.25) is 0 Å². The largest absolute Gasteiger partial charge is 0.348 e. The van der Waals surface area contributed by atoms with Crippen molar-refractivity contribution in [2.75, 3.05) is 18.0 Å². The van der Waals surface area contributed by atoms with E-state index in [2.05, 4.69) is 24.8 Å². The minimum absolute atomic E-state index is 0.510. The summed E-state index contributed by atoms with van der Waals surface area (Å²) in [5.74, 6) is 0.761. The van der Waals surface area contributed by atoms with E-state index >= 15 is 0 Å². The molecule has 1 atom stereocenters. The number of rotatable bonds is 4. The summed E-state index contributed by atoms with van der Waals surface area (Å²) in [5.41, 5.74) is 1.15. The van der Waals surface area contributed by atoms with Gasteiger partial charge in [-0.15, -0.1) is 11.3 Å². The zero-order valence-electron chi connectivity index (χ0n) is 11.3. The van der Waals surface area contributed by atoms with Crippen LogP contribution in [0.4, 0.5) is 5.13 Å². The summed E-state index contributed by atoms with van der Waals surface area (Å²) in [6.45, 7) is 6.71. The number of anilines is 1. The second-order valence-electron chi connectivity index (χ2n) is 5.14. The summed E-state index contributed by atoms with van der Waals surface area (Å²) < 4.78 is 0. The molecular weight excluding hydrogens is 242 g/mol. The summed E-state index contributed by atoms with van der Waals surface area (Å²) >= 11 is 1.72. The lowest BCUT2D eigenvalue weighted by atomic mass is 10.0. The smallest absolute Gasteiger partial charge is 0.185 e. The first-order chi connectivity index (χ1) is 8.74. The van der Waals surface area contributed by atoms with Gasteiger partial charge < -0.3 is 4.90 Å². The Labute approximate surface area is 113 Å². The Bertz CT molecular complexity index is 433. The Morgan fingerprint density at radius 1 is 1.56 bits per heavy atom. The number of thiazole rings is 1. The van der Waals surface area contributed by atoms with Crippen molar-refractivity contribution in [3.63, 3.8) is 0 Å². The number of nitriles is 1. The second-order valence-corrected chi connectivity index (χ2v) is 6.21. The fourth-order valence-corrected chi connectivity index (χ4v) is 3.58. The molecule has 2 rings (SSSR count). The molecule has 0 N–H and O–H groups in total. The standard InChI is InChI=1S/C14H21N3S/c1-3-5-12-13(7-8-15)18-14(16-12)17-9-4-6-11(2)10-17/h11H,3-7,9-10H2,1-2H3. The van der Waals surface area contributed by atoms with Crippen LogP contribution in [0.3, 0.4) is 0 Å². The van der Waals surface area contributed by atoms with Crippen molar-refractivity contribution in [2.24, 2.45) is 5.92 Å². The normalized spacial score (nSPS) is 19.8. The van der Waals surface area contributed by atoms with Gasteiger partial charge in [0.25, 0.3) is 0 Å². The number of nitrogens with zero attached hydrogens (tertiary/aromatic N) is 3. The Morgan fingerprint density at radius 2 is 2.39 bits per heavy atom. The van der Waals surface area contributed by atoms with E-state index in [9.17, 15) is 0 Å². The summed E-state index contributed by atoms with van der Waals surface area (Å²) in [6, 6.07) is 2.26. The molecule has 0 radical (unpaired) electrons. The van der Waals surface area contributed by atoms with Gasteiger partial charge in [0.15, 0.2) is 5.13 Å². The van der Waals surface area contributed by atoms with Crippen LogP contribution < -0.4 is 4.90 Å². The molecule has 1 aromatic rings. The van der Waals surface area contributed by atoms with Crippen molar-refractivity contribution < 1.29 is 0 Å². The van der Waals surface area contributed by atoms with E-state index in [4.69, 9.17) is 10.2 Å². The third kappa shape index (κ3) is 3.02. The lowest BCUT2D eigenvalue weighted by Gasteiger charge is -2.30. The predicted molar refractivity (Wildman–Crippen MR) is 76.0 cm³/mol. The van der Waals surface area contributed by atoms with E-state index in [-0.39, 0.29) is 0 Å². The molecule has 1 fully saturated rings. The number of hydrogen-bond acceptors (Lipinski definition) is 4. The molecule has 1 aromatic heterocycles. The highest BCUT2D eigenvalue weighted by molar-refractivity contribution is 7.15. The highest BCUT2D eigenvalue weighted by Gasteiger charge is 2.20. The number of hydrogen-bond donors (Lipinski definition) is 0. The van der Waals surface area contributed by atoms with Crippen LogP contribution in [0.2, 0.25) is 0 Å². The predicted octanol–water partition coefficient (Wildman–Crippen LogP) is 3.40. The molecule has 98 valence electrons. The van der Waals surface area contributed by atoms with Gasteiger partial charge in [0.2, 0.25) is 0 Å². The van der Waals surface area contributed by atoms with Crippen LogP contribution in [-0.2, 0) is 12.8 Å². The topological polar surface area (TPSA) is 39.9 Å². The molecule has 0 aromatic carbocycles. The maximum absolute atomic E-state index is 8.89. The third-order valence-corrected chi connectivity index (χ3v) is 4.58. The van der Waals surface area contributed by atoms with E-state index in [1.807, 2.05) is 0 Å². The van der Waals surface area contributed by atoms with E-state index in [1.165, 1.54) is 17.7 Å².